The summed E-state index contributed by atoms with van der Waals surface area (Å²) in [4.78, 5) is 0. The minimum atomic E-state index is 0.685. The Balaban J connectivity index is 2.15. The maximum absolute atomic E-state index is 3.58. The molecular weight excluding hydrogens is 190 g/mol. The van der Waals surface area contributed by atoms with E-state index in [9.17, 15) is 0 Å². The maximum atomic E-state index is 3.58. The van der Waals surface area contributed by atoms with Crippen LogP contribution in [0.15, 0.2) is 0 Å². The van der Waals surface area contributed by atoms with Gasteiger partial charge in [0.15, 0.2) is 0 Å². The van der Waals surface area contributed by atoms with Crippen molar-refractivity contribution >= 4 is 11.8 Å². The fourth-order valence-electron chi connectivity index (χ4n) is 2.25. The molecule has 84 valence electrons. The van der Waals surface area contributed by atoms with E-state index in [0.717, 1.165) is 12.6 Å². The van der Waals surface area contributed by atoms with E-state index in [0.29, 0.717) is 5.41 Å². The van der Waals surface area contributed by atoms with Gasteiger partial charge in [0, 0.05) is 6.04 Å². The molecule has 1 rings (SSSR count). The molecule has 1 nitrogen and oxygen atoms in total. The molecule has 1 saturated carbocycles. The first-order valence-electron chi connectivity index (χ1n) is 6.06. The van der Waals surface area contributed by atoms with E-state index >= 15 is 0 Å². The van der Waals surface area contributed by atoms with Gasteiger partial charge < -0.3 is 5.32 Å². The van der Waals surface area contributed by atoms with Crippen molar-refractivity contribution in [2.24, 2.45) is 5.41 Å². The lowest BCUT2D eigenvalue weighted by atomic mass is 9.92. The highest BCUT2D eigenvalue weighted by molar-refractivity contribution is 7.99. The first-order chi connectivity index (χ1) is 6.75. The van der Waals surface area contributed by atoms with Gasteiger partial charge in [-0.3, -0.25) is 0 Å². The van der Waals surface area contributed by atoms with E-state index < -0.39 is 0 Å². The van der Waals surface area contributed by atoms with Crippen molar-refractivity contribution in [3.63, 3.8) is 0 Å². The van der Waals surface area contributed by atoms with Crippen LogP contribution in [0.1, 0.15) is 46.5 Å². The standard InChI is InChI=1S/C12H25NS/c1-4-13-11(3)12(8-9-12)7-6-10-14-5-2/h11,13H,4-10H2,1-3H3. The Morgan fingerprint density at radius 2 is 2.07 bits per heavy atom. The number of nitrogens with one attached hydrogen (secondary N) is 1. The second-order valence-electron chi connectivity index (χ2n) is 4.44. The Morgan fingerprint density at radius 1 is 1.36 bits per heavy atom. The molecule has 0 radical (unpaired) electrons. The zero-order valence-electron chi connectivity index (χ0n) is 9.94. The van der Waals surface area contributed by atoms with Gasteiger partial charge in [0.2, 0.25) is 0 Å². The Morgan fingerprint density at radius 3 is 2.57 bits per heavy atom. The SMILES string of the molecule is CCNC(C)C1(CCCSCC)CC1. The van der Waals surface area contributed by atoms with Crippen LogP contribution in [0.25, 0.3) is 0 Å². The van der Waals surface area contributed by atoms with Crippen LogP contribution in [-0.2, 0) is 0 Å². The topological polar surface area (TPSA) is 12.0 Å². The van der Waals surface area contributed by atoms with Crippen LogP contribution in [0.4, 0.5) is 0 Å². The van der Waals surface area contributed by atoms with E-state index in [1.54, 1.807) is 0 Å². The largest absolute Gasteiger partial charge is 0.314 e. The minimum absolute atomic E-state index is 0.685. The predicted octanol–water partition coefficient (Wildman–Crippen LogP) is 3.30. The summed E-state index contributed by atoms with van der Waals surface area (Å²) in [5.74, 6) is 2.63. The van der Waals surface area contributed by atoms with Gasteiger partial charge in [0.05, 0.1) is 0 Å². The molecule has 0 spiro atoms. The summed E-state index contributed by atoms with van der Waals surface area (Å²) in [6.07, 6.45) is 5.76. The van der Waals surface area contributed by atoms with E-state index in [4.69, 9.17) is 0 Å². The molecule has 0 amide bonds. The van der Waals surface area contributed by atoms with Crippen molar-refractivity contribution in [1.82, 2.24) is 5.32 Å². The molecule has 1 unspecified atom stereocenters. The van der Waals surface area contributed by atoms with Gasteiger partial charge in [0.25, 0.3) is 0 Å². The van der Waals surface area contributed by atoms with Crippen LogP contribution in [0.3, 0.4) is 0 Å². The predicted molar refractivity (Wildman–Crippen MR) is 67.0 cm³/mol. The zero-order chi connectivity index (χ0) is 10.4. The molecule has 1 atom stereocenters. The van der Waals surface area contributed by atoms with E-state index in [-0.39, 0.29) is 0 Å². The quantitative estimate of drug-likeness (QED) is 0.624. The monoisotopic (exact) mass is 215 g/mol. The fraction of sp³-hybridized carbons (Fsp3) is 1.00. The van der Waals surface area contributed by atoms with Gasteiger partial charge in [-0.15, -0.1) is 0 Å². The fourth-order valence-corrected chi connectivity index (χ4v) is 2.89. The minimum Gasteiger partial charge on any atom is -0.314 e. The molecular formula is C12H25NS. The van der Waals surface area contributed by atoms with Gasteiger partial charge in [-0.1, -0.05) is 13.8 Å². The Labute approximate surface area is 93.4 Å². The van der Waals surface area contributed by atoms with Crippen LogP contribution < -0.4 is 5.32 Å². The summed E-state index contributed by atoms with van der Waals surface area (Å²) in [6.45, 7) is 7.94. The van der Waals surface area contributed by atoms with Crippen LogP contribution in [0, 0.1) is 5.41 Å². The normalized spacial score (nSPS) is 20.8. The smallest absolute Gasteiger partial charge is 0.00950 e. The molecule has 0 bridgehead atoms. The van der Waals surface area contributed by atoms with E-state index in [1.165, 1.54) is 37.2 Å². The van der Waals surface area contributed by atoms with Gasteiger partial charge in [-0.2, -0.15) is 11.8 Å². The third-order valence-corrected chi connectivity index (χ3v) is 4.47. The van der Waals surface area contributed by atoms with Gasteiger partial charge in [0.1, 0.15) is 0 Å². The van der Waals surface area contributed by atoms with E-state index in [1.807, 2.05) is 0 Å². The number of hydrogen-bond acceptors (Lipinski definition) is 2. The molecule has 14 heavy (non-hydrogen) atoms. The second kappa shape index (κ2) is 6.02. The third kappa shape index (κ3) is 3.47. The maximum Gasteiger partial charge on any atom is 0.00950 e. The Hall–Kier alpha value is 0.310. The molecule has 1 N–H and O–H groups in total. The highest BCUT2D eigenvalue weighted by Gasteiger charge is 2.45. The van der Waals surface area contributed by atoms with Crippen molar-refractivity contribution in [2.75, 3.05) is 18.1 Å². The molecule has 1 fully saturated rings. The van der Waals surface area contributed by atoms with Crippen molar-refractivity contribution in [1.29, 1.82) is 0 Å². The summed E-state index contributed by atoms with van der Waals surface area (Å²) >= 11 is 2.08. The van der Waals surface area contributed by atoms with Crippen molar-refractivity contribution in [3.05, 3.63) is 0 Å². The molecule has 0 aliphatic heterocycles. The summed E-state index contributed by atoms with van der Waals surface area (Å²) in [5, 5.41) is 3.58. The molecule has 1 aliphatic rings. The zero-order valence-corrected chi connectivity index (χ0v) is 10.8. The van der Waals surface area contributed by atoms with Gasteiger partial charge >= 0.3 is 0 Å². The number of rotatable bonds is 8. The molecule has 2 heteroatoms. The van der Waals surface area contributed by atoms with Gasteiger partial charge in [-0.05, 0) is 56.1 Å². The lowest BCUT2D eigenvalue weighted by Crippen LogP contribution is -2.34. The molecule has 1 aliphatic carbocycles. The average molecular weight is 215 g/mol. The summed E-state index contributed by atoms with van der Waals surface area (Å²) in [7, 11) is 0. The summed E-state index contributed by atoms with van der Waals surface area (Å²) in [5.41, 5.74) is 0.685. The van der Waals surface area contributed by atoms with E-state index in [2.05, 4.69) is 37.8 Å². The summed E-state index contributed by atoms with van der Waals surface area (Å²) in [6, 6.07) is 0.735. The van der Waals surface area contributed by atoms with Gasteiger partial charge in [-0.25, -0.2) is 0 Å². The van der Waals surface area contributed by atoms with Crippen molar-refractivity contribution in [2.45, 2.75) is 52.5 Å². The highest BCUT2D eigenvalue weighted by Crippen LogP contribution is 2.52. The Bertz CT molecular complexity index is 154. The molecule has 0 heterocycles. The molecule has 0 saturated heterocycles. The van der Waals surface area contributed by atoms with Crippen molar-refractivity contribution < 1.29 is 0 Å². The number of hydrogen-bond donors (Lipinski definition) is 1. The lowest BCUT2D eigenvalue weighted by Gasteiger charge is -2.24. The number of thioether (sulfide) groups is 1. The molecule has 0 aromatic carbocycles. The lowest BCUT2D eigenvalue weighted by molar-refractivity contribution is 0.333. The second-order valence-corrected chi connectivity index (χ2v) is 5.84. The molecule has 0 aromatic heterocycles. The average Bonchev–Trinajstić information content (AvgIpc) is 2.94. The van der Waals surface area contributed by atoms with Crippen molar-refractivity contribution in [3.8, 4) is 0 Å². The molecule has 0 aromatic rings. The first kappa shape index (κ1) is 12.4. The highest BCUT2D eigenvalue weighted by atomic mass is 32.2. The first-order valence-corrected chi connectivity index (χ1v) is 7.22. The van der Waals surface area contributed by atoms with Crippen LogP contribution in [-0.4, -0.2) is 24.1 Å². The van der Waals surface area contributed by atoms with Crippen LogP contribution >= 0.6 is 11.8 Å². The Kier molecular flexibility index (Phi) is 5.32. The summed E-state index contributed by atoms with van der Waals surface area (Å²) < 4.78 is 0. The van der Waals surface area contributed by atoms with Crippen LogP contribution in [0.2, 0.25) is 0 Å². The third-order valence-electron chi connectivity index (χ3n) is 3.49. The van der Waals surface area contributed by atoms with Crippen LogP contribution in [0.5, 0.6) is 0 Å².